The lowest BCUT2D eigenvalue weighted by Crippen LogP contribution is -2.39. The summed E-state index contributed by atoms with van der Waals surface area (Å²) < 4.78 is 18.9. The third-order valence-electron chi connectivity index (χ3n) is 4.36. The van der Waals surface area contributed by atoms with E-state index in [0.29, 0.717) is 24.8 Å². The standard InChI is InChI=1S/C17H21FN4O3/c1-25-10-15-19-16(21-20-15)14-4-2-3-7-22(14)17(24)11-5-6-12(9-23)13(18)8-11/h5-6,8,14,23H,2-4,7,9-10H2,1H3,(H,19,20,21). The molecular formula is C17H21FN4O3. The number of aliphatic hydroxyl groups excluding tert-OH is 1. The van der Waals surface area contributed by atoms with Gasteiger partial charge in [0, 0.05) is 24.8 Å². The molecule has 1 aliphatic heterocycles. The van der Waals surface area contributed by atoms with Crippen molar-refractivity contribution in [2.75, 3.05) is 13.7 Å². The zero-order chi connectivity index (χ0) is 17.8. The Hall–Kier alpha value is -2.32. The third kappa shape index (κ3) is 3.69. The van der Waals surface area contributed by atoms with Crippen LogP contribution in [0.2, 0.25) is 0 Å². The molecule has 8 heteroatoms. The first-order chi connectivity index (χ1) is 12.1. The second-order valence-corrected chi connectivity index (χ2v) is 6.05. The highest BCUT2D eigenvalue weighted by Crippen LogP contribution is 2.30. The molecule has 134 valence electrons. The van der Waals surface area contributed by atoms with Crippen molar-refractivity contribution >= 4 is 5.91 Å². The van der Waals surface area contributed by atoms with Crippen molar-refractivity contribution in [1.82, 2.24) is 20.1 Å². The number of methoxy groups -OCH3 is 1. The first-order valence-corrected chi connectivity index (χ1v) is 8.24. The maximum absolute atomic E-state index is 13.9. The number of aromatic amines is 1. The molecule has 2 aromatic rings. The maximum Gasteiger partial charge on any atom is 0.254 e. The average molecular weight is 348 g/mol. The lowest BCUT2D eigenvalue weighted by Gasteiger charge is -2.34. The van der Waals surface area contributed by atoms with Gasteiger partial charge in [0.2, 0.25) is 0 Å². The number of benzene rings is 1. The van der Waals surface area contributed by atoms with Crippen molar-refractivity contribution in [3.05, 3.63) is 46.8 Å². The summed E-state index contributed by atoms with van der Waals surface area (Å²) in [6.45, 7) is 0.495. The summed E-state index contributed by atoms with van der Waals surface area (Å²) in [7, 11) is 1.57. The molecule has 1 aliphatic rings. The fourth-order valence-corrected chi connectivity index (χ4v) is 3.08. The van der Waals surface area contributed by atoms with Crippen LogP contribution in [0.25, 0.3) is 0 Å². The molecule has 25 heavy (non-hydrogen) atoms. The molecule has 0 spiro atoms. The molecule has 2 heterocycles. The number of aromatic nitrogens is 3. The van der Waals surface area contributed by atoms with Crippen LogP contribution in [0.15, 0.2) is 18.2 Å². The second kappa shape index (κ2) is 7.71. The number of halogens is 1. The summed E-state index contributed by atoms with van der Waals surface area (Å²) in [6.07, 6.45) is 2.61. The molecule has 3 rings (SSSR count). The number of carbonyl (C=O) groups excluding carboxylic acids is 1. The van der Waals surface area contributed by atoms with Gasteiger partial charge in [-0.1, -0.05) is 6.07 Å². The van der Waals surface area contributed by atoms with E-state index in [1.807, 2.05) is 0 Å². The van der Waals surface area contributed by atoms with E-state index in [1.54, 1.807) is 12.0 Å². The van der Waals surface area contributed by atoms with Crippen molar-refractivity contribution in [1.29, 1.82) is 0 Å². The minimum atomic E-state index is -0.581. The van der Waals surface area contributed by atoms with Gasteiger partial charge in [0.05, 0.1) is 12.6 Å². The molecule has 0 bridgehead atoms. The minimum absolute atomic E-state index is 0.171. The zero-order valence-corrected chi connectivity index (χ0v) is 14.0. The van der Waals surface area contributed by atoms with Gasteiger partial charge >= 0.3 is 0 Å². The number of amides is 1. The van der Waals surface area contributed by atoms with E-state index in [2.05, 4.69) is 15.2 Å². The zero-order valence-electron chi connectivity index (χ0n) is 14.0. The summed E-state index contributed by atoms with van der Waals surface area (Å²) in [5, 5.41) is 16.1. The number of rotatable bonds is 5. The summed E-state index contributed by atoms with van der Waals surface area (Å²) in [5.74, 6) is 0.315. The quantitative estimate of drug-likeness (QED) is 0.862. The topological polar surface area (TPSA) is 91.3 Å². The van der Waals surface area contributed by atoms with Gasteiger partial charge in [-0.3, -0.25) is 9.89 Å². The van der Waals surface area contributed by atoms with Crippen LogP contribution in [0, 0.1) is 5.82 Å². The number of piperidine rings is 1. The molecule has 1 fully saturated rings. The Morgan fingerprint density at radius 3 is 3.04 bits per heavy atom. The van der Waals surface area contributed by atoms with E-state index in [-0.39, 0.29) is 23.1 Å². The first kappa shape index (κ1) is 17.5. The monoisotopic (exact) mass is 348 g/mol. The number of likely N-dealkylation sites (tertiary alicyclic amines) is 1. The molecule has 0 radical (unpaired) electrons. The molecule has 1 saturated heterocycles. The van der Waals surface area contributed by atoms with E-state index in [0.717, 1.165) is 19.3 Å². The van der Waals surface area contributed by atoms with Gasteiger partial charge in [-0.15, -0.1) is 0 Å². The van der Waals surface area contributed by atoms with Crippen LogP contribution in [0.1, 0.15) is 52.9 Å². The summed E-state index contributed by atoms with van der Waals surface area (Å²) in [4.78, 5) is 19.0. The van der Waals surface area contributed by atoms with Crippen LogP contribution in [-0.2, 0) is 18.0 Å². The second-order valence-electron chi connectivity index (χ2n) is 6.05. The molecule has 0 saturated carbocycles. The van der Waals surface area contributed by atoms with Gasteiger partial charge in [-0.05, 0) is 31.4 Å². The van der Waals surface area contributed by atoms with Gasteiger partial charge in [-0.25, -0.2) is 9.37 Å². The summed E-state index contributed by atoms with van der Waals surface area (Å²) in [5.41, 5.74) is 0.430. The molecule has 1 amide bonds. The average Bonchev–Trinajstić information content (AvgIpc) is 3.10. The largest absolute Gasteiger partial charge is 0.392 e. The number of hydrogen-bond donors (Lipinski definition) is 2. The lowest BCUT2D eigenvalue weighted by atomic mass is 10.00. The van der Waals surface area contributed by atoms with Gasteiger partial charge in [-0.2, -0.15) is 5.10 Å². The van der Waals surface area contributed by atoms with Crippen LogP contribution in [0.3, 0.4) is 0 Å². The Balaban J connectivity index is 1.84. The van der Waals surface area contributed by atoms with E-state index >= 15 is 0 Å². The SMILES string of the molecule is COCc1nc(C2CCCCN2C(=O)c2ccc(CO)c(F)c2)n[nH]1. The Kier molecular flexibility index (Phi) is 5.40. The van der Waals surface area contributed by atoms with Crippen molar-refractivity contribution in [2.24, 2.45) is 0 Å². The Labute approximate surface area is 144 Å². The summed E-state index contributed by atoms with van der Waals surface area (Å²) >= 11 is 0. The van der Waals surface area contributed by atoms with Crippen LogP contribution in [0.5, 0.6) is 0 Å². The Morgan fingerprint density at radius 1 is 1.48 bits per heavy atom. The highest BCUT2D eigenvalue weighted by Gasteiger charge is 2.31. The summed E-state index contributed by atoms with van der Waals surface area (Å²) in [6, 6.07) is 3.90. The molecule has 1 unspecified atom stereocenters. The van der Waals surface area contributed by atoms with Gasteiger partial charge in [0.1, 0.15) is 12.4 Å². The number of hydrogen-bond acceptors (Lipinski definition) is 5. The van der Waals surface area contributed by atoms with Crippen LogP contribution < -0.4 is 0 Å². The van der Waals surface area contributed by atoms with E-state index in [4.69, 9.17) is 9.84 Å². The van der Waals surface area contributed by atoms with Crippen molar-refractivity contribution < 1.29 is 19.0 Å². The predicted octanol–water partition coefficient (Wildman–Crippen LogP) is 1.95. The molecular weight excluding hydrogens is 327 g/mol. The normalized spacial score (nSPS) is 17.7. The number of ether oxygens (including phenoxy) is 1. The molecule has 0 aliphatic carbocycles. The van der Waals surface area contributed by atoms with Crippen LogP contribution in [-0.4, -0.2) is 44.7 Å². The number of nitrogens with zero attached hydrogens (tertiary/aromatic N) is 3. The fourth-order valence-electron chi connectivity index (χ4n) is 3.08. The van der Waals surface area contributed by atoms with Crippen molar-refractivity contribution in [2.45, 2.75) is 38.5 Å². The molecule has 7 nitrogen and oxygen atoms in total. The fraction of sp³-hybridized carbons (Fsp3) is 0.471. The number of aliphatic hydroxyl groups is 1. The van der Waals surface area contributed by atoms with E-state index in [9.17, 15) is 9.18 Å². The minimum Gasteiger partial charge on any atom is -0.392 e. The molecule has 1 aromatic carbocycles. The van der Waals surface area contributed by atoms with Crippen LogP contribution in [0.4, 0.5) is 4.39 Å². The van der Waals surface area contributed by atoms with Gasteiger partial charge in [0.25, 0.3) is 5.91 Å². The number of nitrogens with one attached hydrogen (secondary N) is 1. The predicted molar refractivity (Wildman–Crippen MR) is 87.0 cm³/mol. The highest BCUT2D eigenvalue weighted by atomic mass is 19.1. The Bertz CT molecular complexity index is 749. The lowest BCUT2D eigenvalue weighted by molar-refractivity contribution is 0.0599. The Morgan fingerprint density at radius 2 is 2.32 bits per heavy atom. The number of H-pyrrole nitrogens is 1. The molecule has 1 atom stereocenters. The van der Waals surface area contributed by atoms with E-state index in [1.165, 1.54) is 18.2 Å². The third-order valence-corrected chi connectivity index (χ3v) is 4.36. The molecule has 2 N–H and O–H groups in total. The number of carbonyl (C=O) groups is 1. The van der Waals surface area contributed by atoms with Crippen molar-refractivity contribution in [3.63, 3.8) is 0 Å². The smallest absolute Gasteiger partial charge is 0.254 e. The molecule has 1 aromatic heterocycles. The van der Waals surface area contributed by atoms with Gasteiger partial charge < -0.3 is 14.7 Å². The van der Waals surface area contributed by atoms with Crippen molar-refractivity contribution in [3.8, 4) is 0 Å². The van der Waals surface area contributed by atoms with Crippen LogP contribution >= 0.6 is 0 Å². The highest BCUT2D eigenvalue weighted by molar-refractivity contribution is 5.94. The maximum atomic E-state index is 13.9. The first-order valence-electron chi connectivity index (χ1n) is 8.24. The van der Waals surface area contributed by atoms with E-state index < -0.39 is 12.4 Å². The van der Waals surface area contributed by atoms with Gasteiger partial charge in [0.15, 0.2) is 11.6 Å².